The summed E-state index contributed by atoms with van der Waals surface area (Å²) in [5.74, 6) is 0.548. The van der Waals surface area contributed by atoms with Gasteiger partial charge in [-0.15, -0.1) is 0 Å². The van der Waals surface area contributed by atoms with Gasteiger partial charge in [-0.05, 0) is 37.8 Å². The normalized spacial score (nSPS) is 26.1. The average molecular weight is 419 g/mol. The minimum Gasteiger partial charge on any atom is -0.381 e. The van der Waals surface area contributed by atoms with Gasteiger partial charge in [0.1, 0.15) is 10.6 Å². The fourth-order valence-electron chi connectivity index (χ4n) is 4.54. The lowest BCUT2D eigenvalue weighted by Gasteiger charge is -2.60. The van der Waals surface area contributed by atoms with Gasteiger partial charge in [-0.2, -0.15) is 17.5 Å². The van der Waals surface area contributed by atoms with E-state index in [-0.39, 0.29) is 16.0 Å². The molecule has 1 atom stereocenters. The molecule has 4 heterocycles. The third-order valence-corrected chi connectivity index (χ3v) is 7.78. The van der Waals surface area contributed by atoms with Gasteiger partial charge < -0.3 is 9.64 Å². The lowest BCUT2D eigenvalue weighted by atomic mass is 9.74. The molecule has 3 aliphatic rings. The van der Waals surface area contributed by atoms with Crippen molar-refractivity contribution >= 4 is 10.0 Å². The Morgan fingerprint density at radius 1 is 1.25 bits per heavy atom. The Morgan fingerprint density at radius 2 is 1.96 bits per heavy atom. The smallest absolute Gasteiger partial charge is 0.381 e. The Morgan fingerprint density at radius 3 is 2.54 bits per heavy atom. The van der Waals surface area contributed by atoms with Crippen LogP contribution in [0.3, 0.4) is 0 Å². The zero-order chi connectivity index (χ0) is 20.2. The Bertz CT molecular complexity index is 839. The fraction of sp³-hybridized carbons (Fsp3) is 0.722. The van der Waals surface area contributed by atoms with Crippen molar-refractivity contribution in [2.45, 2.75) is 30.8 Å². The largest absolute Gasteiger partial charge is 0.433 e. The summed E-state index contributed by atoms with van der Waals surface area (Å²) < 4.78 is 70.7. The molecule has 0 aliphatic carbocycles. The van der Waals surface area contributed by atoms with Crippen LogP contribution in [0.4, 0.5) is 13.2 Å². The fourth-order valence-corrected chi connectivity index (χ4v) is 6.36. The summed E-state index contributed by atoms with van der Waals surface area (Å²) >= 11 is 0. The van der Waals surface area contributed by atoms with Crippen molar-refractivity contribution < 1.29 is 26.3 Å². The Balaban J connectivity index is 1.35. The molecule has 1 aromatic heterocycles. The Hall–Kier alpha value is -1.23. The molecule has 4 rings (SSSR count). The van der Waals surface area contributed by atoms with E-state index in [0.29, 0.717) is 19.0 Å². The second-order valence-corrected chi connectivity index (χ2v) is 10.2. The van der Waals surface area contributed by atoms with E-state index in [1.807, 2.05) is 0 Å². The molecule has 0 radical (unpaired) electrons. The van der Waals surface area contributed by atoms with Gasteiger partial charge in [-0.25, -0.2) is 13.4 Å². The zero-order valence-corrected chi connectivity index (χ0v) is 16.5. The highest BCUT2D eigenvalue weighted by Gasteiger charge is 2.55. The number of nitrogens with zero attached hydrogens (tertiary/aromatic N) is 3. The molecule has 3 aliphatic heterocycles. The van der Waals surface area contributed by atoms with Crippen LogP contribution in [-0.2, 0) is 20.9 Å². The molecule has 0 saturated carbocycles. The minimum absolute atomic E-state index is 0.0180. The number of sulfonamides is 1. The summed E-state index contributed by atoms with van der Waals surface area (Å²) in [6.45, 7) is 6.46. The van der Waals surface area contributed by atoms with Crippen LogP contribution in [0, 0.1) is 18.3 Å². The highest BCUT2D eigenvalue weighted by molar-refractivity contribution is 7.89. The molecular weight excluding hydrogens is 395 g/mol. The van der Waals surface area contributed by atoms with Crippen molar-refractivity contribution in [2.75, 3.05) is 45.9 Å². The number of likely N-dealkylation sites (tertiary alicyclic amines) is 1. The van der Waals surface area contributed by atoms with Crippen LogP contribution >= 0.6 is 0 Å². The van der Waals surface area contributed by atoms with Crippen molar-refractivity contribution in [1.29, 1.82) is 0 Å². The van der Waals surface area contributed by atoms with Gasteiger partial charge in [0.05, 0.1) is 12.3 Å². The topological polar surface area (TPSA) is 62.7 Å². The first-order valence-corrected chi connectivity index (χ1v) is 10.9. The van der Waals surface area contributed by atoms with Gasteiger partial charge in [0.25, 0.3) is 0 Å². The Labute approximate surface area is 162 Å². The highest BCUT2D eigenvalue weighted by Crippen LogP contribution is 2.43. The molecule has 0 amide bonds. The van der Waals surface area contributed by atoms with Gasteiger partial charge in [0.2, 0.25) is 10.0 Å². The van der Waals surface area contributed by atoms with Crippen LogP contribution in [0.2, 0.25) is 0 Å². The summed E-state index contributed by atoms with van der Waals surface area (Å²) in [5, 5.41) is 0. The zero-order valence-electron chi connectivity index (χ0n) is 15.7. The van der Waals surface area contributed by atoms with E-state index >= 15 is 0 Å². The molecule has 28 heavy (non-hydrogen) atoms. The quantitative estimate of drug-likeness (QED) is 0.748. The number of pyridine rings is 1. The SMILES string of the molecule is Cc1nc(C(F)(F)F)ccc1S(=O)(=O)N1CC2(CN(C[C@@H]3CCCOC3)C2)C1. The lowest BCUT2D eigenvalue weighted by molar-refractivity contribution is -0.141. The van der Waals surface area contributed by atoms with Crippen molar-refractivity contribution in [3.8, 4) is 0 Å². The molecule has 156 valence electrons. The number of hydrogen-bond acceptors (Lipinski definition) is 5. The van der Waals surface area contributed by atoms with Crippen molar-refractivity contribution in [1.82, 2.24) is 14.2 Å². The molecule has 0 aromatic carbocycles. The van der Waals surface area contributed by atoms with E-state index < -0.39 is 21.9 Å². The van der Waals surface area contributed by atoms with E-state index in [2.05, 4.69) is 9.88 Å². The summed E-state index contributed by atoms with van der Waals surface area (Å²) in [7, 11) is -3.82. The summed E-state index contributed by atoms with van der Waals surface area (Å²) in [6.07, 6.45) is -2.33. The van der Waals surface area contributed by atoms with Gasteiger partial charge in [-0.3, -0.25) is 0 Å². The van der Waals surface area contributed by atoms with Crippen LogP contribution in [-0.4, -0.2) is 68.5 Å². The van der Waals surface area contributed by atoms with Crippen LogP contribution in [0.15, 0.2) is 17.0 Å². The molecule has 0 bridgehead atoms. The van der Waals surface area contributed by atoms with E-state index in [1.54, 1.807) is 0 Å². The van der Waals surface area contributed by atoms with Crippen molar-refractivity contribution in [3.63, 3.8) is 0 Å². The number of aromatic nitrogens is 1. The number of halogens is 3. The van der Waals surface area contributed by atoms with Crippen LogP contribution in [0.5, 0.6) is 0 Å². The molecule has 6 nitrogen and oxygen atoms in total. The maximum absolute atomic E-state index is 12.8. The monoisotopic (exact) mass is 419 g/mol. The molecule has 3 fully saturated rings. The first-order valence-electron chi connectivity index (χ1n) is 9.44. The summed E-state index contributed by atoms with van der Waals surface area (Å²) in [6, 6.07) is 1.74. The van der Waals surface area contributed by atoms with E-state index in [1.165, 1.54) is 17.6 Å². The third-order valence-electron chi connectivity index (χ3n) is 5.86. The van der Waals surface area contributed by atoms with Gasteiger partial charge in [-0.1, -0.05) is 0 Å². The van der Waals surface area contributed by atoms with Gasteiger partial charge in [0.15, 0.2) is 0 Å². The number of ether oxygens (including phenoxy) is 1. The van der Waals surface area contributed by atoms with E-state index in [4.69, 9.17) is 4.74 Å². The molecule has 0 N–H and O–H groups in total. The Kier molecular flexibility index (Phi) is 4.96. The van der Waals surface area contributed by atoms with Gasteiger partial charge >= 0.3 is 6.18 Å². The second-order valence-electron chi connectivity index (χ2n) is 8.30. The van der Waals surface area contributed by atoms with Crippen molar-refractivity contribution in [3.05, 3.63) is 23.5 Å². The summed E-state index contributed by atoms with van der Waals surface area (Å²) in [4.78, 5) is 5.64. The number of alkyl halides is 3. The van der Waals surface area contributed by atoms with Crippen LogP contribution < -0.4 is 0 Å². The van der Waals surface area contributed by atoms with Crippen LogP contribution in [0.1, 0.15) is 24.2 Å². The standard InChI is InChI=1S/C18H24F3N3O3S/c1-13-15(4-5-16(22-13)18(19,20)21)28(25,26)24-11-17(12-24)9-23(10-17)7-14-3-2-6-27-8-14/h4-5,14H,2-3,6-12H2,1H3/t14-/m0/s1. The maximum atomic E-state index is 12.8. The predicted octanol–water partition coefficient (Wildman–Crippen LogP) is 2.14. The van der Waals surface area contributed by atoms with Gasteiger partial charge in [0, 0.05) is 44.7 Å². The first-order chi connectivity index (χ1) is 13.1. The molecule has 10 heteroatoms. The number of aryl methyl sites for hydroxylation is 1. The lowest BCUT2D eigenvalue weighted by Crippen LogP contribution is -2.73. The number of hydrogen-bond donors (Lipinski definition) is 0. The molecule has 1 aromatic rings. The average Bonchev–Trinajstić information content (AvgIpc) is 2.55. The van der Waals surface area contributed by atoms with E-state index in [0.717, 1.165) is 51.4 Å². The molecule has 1 spiro atoms. The second kappa shape index (κ2) is 6.93. The first kappa shape index (κ1) is 20.1. The number of rotatable bonds is 4. The van der Waals surface area contributed by atoms with Crippen molar-refractivity contribution in [2.24, 2.45) is 11.3 Å². The molecular formula is C18H24F3N3O3S. The minimum atomic E-state index is -4.59. The summed E-state index contributed by atoms with van der Waals surface area (Å²) in [5.41, 5.74) is -1.22. The third kappa shape index (κ3) is 3.67. The van der Waals surface area contributed by atoms with Crippen LogP contribution in [0.25, 0.3) is 0 Å². The highest BCUT2D eigenvalue weighted by atomic mass is 32.2. The molecule has 3 saturated heterocycles. The maximum Gasteiger partial charge on any atom is 0.433 e. The van der Waals surface area contributed by atoms with E-state index in [9.17, 15) is 21.6 Å². The predicted molar refractivity (Wildman–Crippen MR) is 95.2 cm³/mol. The molecule has 0 unspecified atom stereocenters.